The van der Waals surface area contributed by atoms with Crippen molar-refractivity contribution in [3.63, 3.8) is 0 Å². The van der Waals surface area contributed by atoms with Crippen LogP contribution in [0.15, 0.2) is 69.5 Å². The summed E-state index contributed by atoms with van der Waals surface area (Å²) in [6, 6.07) is 22.9. The fourth-order valence-electron chi connectivity index (χ4n) is 7.87. The number of unbranched alkanes of at least 4 members (excludes halogenated alkanes) is 18. The Morgan fingerprint density at radius 3 is 1.06 bits per heavy atom. The van der Waals surface area contributed by atoms with E-state index in [9.17, 15) is 0 Å². The van der Waals surface area contributed by atoms with Crippen molar-refractivity contribution in [3.8, 4) is 0 Å². The molecule has 0 aliphatic rings. The molecule has 0 spiro atoms. The summed E-state index contributed by atoms with van der Waals surface area (Å²) in [5.74, 6) is 2.26. The van der Waals surface area contributed by atoms with Gasteiger partial charge in [-0.2, -0.15) is 0 Å². The van der Waals surface area contributed by atoms with Crippen LogP contribution in [0.2, 0.25) is 0 Å². The molecule has 2 aromatic heterocycles. The van der Waals surface area contributed by atoms with Crippen molar-refractivity contribution in [2.24, 2.45) is 0 Å². The van der Waals surface area contributed by atoms with Gasteiger partial charge in [0.1, 0.15) is 22.7 Å². The Kier molecular flexibility index (Phi) is 12.9. The maximum Gasteiger partial charge on any atom is 0.134 e. The Balaban J connectivity index is 1.07. The molecule has 2 nitrogen and oxygen atoms in total. The van der Waals surface area contributed by atoms with Crippen LogP contribution in [0.1, 0.15) is 154 Å². The first-order valence-corrected chi connectivity index (χ1v) is 20.0. The number of rotatable bonds is 22. The highest BCUT2D eigenvalue weighted by atomic mass is 16.3. The second-order valence-electron chi connectivity index (χ2n) is 14.7. The first kappa shape index (κ1) is 34.6. The molecule has 0 atom stereocenters. The lowest BCUT2D eigenvalue weighted by atomic mass is 9.95. The van der Waals surface area contributed by atoms with Crippen molar-refractivity contribution in [1.29, 1.82) is 0 Å². The predicted octanol–water partition coefficient (Wildman–Crippen LogP) is 15.6. The summed E-state index contributed by atoms with van der Waals surface area (Å²) in [5, 5.41) is 10.2. The lowest BCUT2D eigenvalue weighted by molar-refractivity contribution is 0.515. The monoisotopic (exact) mass is 644 g/mol. The third kappa shape index (κ3) is 9.04. The van der Waals surface area contributed by atoms with E-state index in [0.29, 0.717) is 0 Å². The van der Waals surface area contributed by atoms with E-state index >= 15 is 0 Å². The van der Waals surface area contributed by atoms with E-state index in [2.05, 4.69) is 74.5 Å². The number of furan rings is 2. The number of benzene rings is 4. The summed E-state index contributed by atoms with van der Waals surface area (Å²) >= 11 is 0. The quantitative estimate of drug-likeness (QED) is 0.0543. The Bertz CT molecular complexity index is 1730. The van der Waals surface area contributed by atoms with Crippen LogP contribution in [0.5, 0.6) is 0 Å². The highest BCUT2D eigenvalue weighted by molar-refractivity contribution is 6.20. The van der Waals surface area contributed by atoms with Crippen molar-refractivity contribution < 1.29 is 8.83 Å². The van der Waals surface area contributed by atoms with Crippen LogP contribution in [0, 0.1) is 0 Å². The molecule has 0 N–H and O–H groups in total. The Hall–Kier alpha value is -3.26. The third-order valence-electron chi connectivity index (χ3n) is 10.8. The maximum atomic E-state index is 6.35. The van der Waals surface area contributed by atoms with Crippen LogP contribution in [-0.2, 0) is 12.8 Å². The number of fused-ring (bicyclic) bond motifs is 7. The maximum absolute atomic E-state index is 6.35. The average molecular weight is 645 g/mol. The zero-order chi connectivity index (χ0) is 33.0. The molecule has 6 aromatic rings. The molecule has 0 aliphatic carbocycles. The molecule has 0 bridgehead atoms. The van der Waals surface area contributed by atoms with E-state index in [1.165, 1.54) is 172 Å². The highest BCUT2D eigenvalue weighted by Crippen LogP contribution is 2.36. The topological polar surface area (TPSA) is 26.3 Å². The van der Waals surface area contributed by atoms with Gasteiger partial charge in [-0.25, -0.2) is 0 Å². The van der Waals surface area contributed by atoms with Crippen LogP contribution < -0.4 is 0 Å². The van der Waals surface area contributed by atoms with Gasteiger partial charge in [-0.05, 0) is 81.6 Å². The molecule has 256 valence electrons. The fraction of sp³-hybridized carbons (Fsp3) is 0.522. The number of hydrogen-bond donors (Lipinski definition) is 0. The Labute approximate surface area is 289 Å². The first-order valence-electron chi connectivity index (χ1n) is 20.0. The van der Waals surface area contributed by atoms with Crippen LogP contribution in [-0.4, -0.2) is 0 Å². The molecule has 2 heteroatoms. The molecule has 0 saturated carbocycles. The molecule has 2 heterocycles. The van der Waals surface area contributed by atoms with E-state index in [4.69, 9.17) is 8.83 Å². The number of aryl methyl sites for hydroxylation is 2. The van der Waals surface area contributed by atoms with Gasteiger partial charge in [0, 0.05) is 23.6 Å². The molecule has 0 saturated heterocycles. The second kappa shape index (κ2) is 17.9. The molecule has 48 heavy (non-hydrogen) atoms. The zero-order valence-corrected chi connectivity index (χ0v) is 30.1. The van der Waals surface area contributed by atoms with E-state index in [1.807, 2.05) is 0 Å². The van der Waals surface area contributed by atoms with Gasteiger partial charge in [-0.15, -0.1) is 0 Å². The molecule has 0 unspecified atom stereocenters. The molecule has 6 rings (SSSR count). The highest BCUT2D eigenvalue weighted by Gasteiger charge is 2.12. The van der Waals surface area contributed by atoms with Crippen LogP contribution >= 0.6 is 0 Å². The first-order chi connectivity index (χ1) is 23.7. The van der Waals surface area contributed by atoms with Crippen molar-refractivity contribution in [3.05, 3.63) is 72.2 Å². The summed E-state index contributed by atoms with van der Waals surface area (Å²) < 4.78 is 12.7. The van der Waals surface area contributed by atoms with Crippen molar-refractivity contribution in [1.82, 2.24) is 0 Å². The average Bonchev–Trinajstić information content (AvgIpc) is 3.70. The summed E-state index contributed by atoms with van der Waals surface area (Å²) in [5.41, 5.74) is 2.03. The minimum absolute atomic E-state index is 1.01. The summed E-state index contributed by atoms with van der Waals surface area (Å²) in [6.07, 6.45) is 29.3. The Morgan fingerprint density at radius 1 is 0.333 bits per heavy atom. The molecule has 0 aliphatic heterocycles. The van der Waals surface area contributed by atoms with Gasteiger partial charge in [0.2, 0.25) is 0 Å². The Morgan fingerprint density at radius 2 is 0.688 bits per heavy atom. The standard InChI is InChI=1S/C46H60O2/c1-3-5-7-9-11-13-15-17-19-21-23-39-29-37-31-43-35(33-45(37)47-39)25-27-42-41(43)28-26-36-34-46-38(32-44(36)42)30-40(48-46)24-22-20-18-16-14-12-10-8-6-4-2/h25-34H,3-24H2,1-2H3. The molecule has 4 aromatic carbocycles. The lowest BCUT2D eigenvalue weighted by Crippen LogP contribution is -1.84. The second-order valence-corrected chi connectivity index (χ2v) is 14.7. The van der Waals surface area contributed by atoms with Gasteiger partial charge < -0.3 is 8.83 Å². The molecule has 0 radical (unpaired) electrons. The summed E-state index contributed by atoms with van der Waals surface area (Å²) in [6.45, 7) is 4.58. The van der Waals surface area contributed by atoms with Gasteiger partial charge in [0.15, 0.2) is 0 Å². The van der Waals surface area contributed by atoms with Gasteiger partial charge in [-0.3, -0.25) is 0 Å². The predicted molar refractivity (Wildman–Crippen MR) is 210 cm³/mol. The van der Waals surface area contributed by atoms with E-state index < -0.39 is 0 Å². The largest absolute Gasteiger partial charge is 0.461 e. The summed E-state index contributed by atoms with van der Waals surface area (Å²) in [4.78, 5) is 0. The SMILES string of the molecule is CCCCCCCCCCCCc1cc2cc3c(ccc4c5cc6cc(CCCCCCCCCCCC)oc6cc5ccc34)cc2o1. The minimum Gasteiger partial charge on any atom is -0.461 e. The minimum atomic E-state index is 1.01. The smallest absolute Gasteiger partial charge is 0.134 e. The third-order valence-corrected chi connectivity index (χ3v) is 10.8. The van der Waals surface area contributed by atoms with Gasteiger partial charge in [0.05, 0.1) is 0 Å². The van der Waals surface area contributed by atoms with Gasteiger partial charge in [0.25, 0.3) is 0 Å². The lowest BCUT2D eigenvalue weighted by Gasteiger charge is -2.08. The van der Waals surface area contributed by atoms with Crippen molar-refractivity contribution in [2.75, 3.05) is 0 Å². The number of hydrogen-bond acceptors (Lipinski definition) is 2. The van der Waals surface area contributed by atoms with Crippen LogP contribution in [0.3, 0.4) is 0 Å². The summed E-state index contributed by atoms with van der Waals surface area (Å²) in [7, 11) is 0. The van der Waals surface area contributed by atoms with Crippen LogP contribution in [0.25, 0.3) is 54.3 Å². The molecular weight excluding hydrogens is 585 g/mol. The van der Waals surface area contributed by atoms with Gasteiger partial charge in [-0.1, -0.05) is 154 Å². The molecule has 0 amide bonds. The molecular formula is C46H60O2. The van der Waals surface area contributed by atoms with E-state index in [1.54, 1.807) is 0 Å². The van der Waals surface area contributed by atoms with Gasteiger partial charge >= 0.3 is 0 Å². The van der Waals surface area contributed by atoms with Crippen LogP contribution in [0.4, 0.5) is 0 Å². The normalized spacial score (nSPS) is 12.1. The van der Waals surface area contributed by atoms with Crippen molar-refractivity contribution in [2.45, 2.75) is 155 Å². The molecule has 0 fully saturated rings. The van der Waals surface area contributed by atoms with E-state index in [0.717, 1.165) is 35.5 Å². The van der Waals surface area contributed by atoms with Crippen molar-refractivity contribution >= 4 is 54.3 Å². The fourth-order valence-corrected chi connectivity index (χ4v) is 7.87. The van der Waals surface area contributed by atoms with E-state index in [-0.39, 0.29) is 0 Å². The zero-order valence-electron chi connectivity index (χ0n) is 30.1.